The van der Waals surface area contributed by atoms with Gasteiger partial charge in [-0.3, -0.25) is 14.2 Å². The number of carbonyl (C=O) groups is 2. The number of halogens is 3. The average molecular weight is 372 g/mol. The van der Waals surface area contributed by atoms with E-state index in [0.717, 1.165) is 0 Å². The number of alkyl halides is 2. The molecule has 2 aromatic rings. The van der Waals surface area contributed by atoms with Crippen LogP contribution in [0.25, 0.3) is 0 Å². The fraction of sp³-hybridized carbons (Fsp3) is 0.250. The Morgan fingerprint density at radius 3 is 2.56 bits per heavy atom. The highest BCUT2D eigenvalue weighted by atomic mass is 35.5. The van der Waals surface area contributed by atoms with Crippen LogP contribution in [0.15, 0.2) is 30.3 Å². The summed E-state index contributed by atoms with van der Waals surface area (Å²) in [7, 11) is 1.39. The van der Waals surface area contributed by atoms with Crippen molar-refractivity contribution in [3.8, 4) is 0 Å². The summed E-state index contributed by atoms with van der Waals surface area (Å²) in [5.74, 6) is -1.08. The number of aromatic nitrogens is 1. The van der Waals surface area contributed by atoms with Crippen LogP contribution in [0, 0.1) is 6.92 Å². The van der Waals surface area contributed by atoms with Gasteiger partial charge in [0.2, 0.25) is 5.91 Å². The van der Waals surface area contributed by atoms with Gasteiger partial charge in [0.05, 0.1) is 10.7 Å². The van der Waals surface area contributed by atoms with Crippen LogP contribution < -0.4 is 10.6 Å². The first-order valence-corrected chi connectivity index (χ1v) is 7.57. The molecule has 0 saturated heterocycles. The van der Waals surface area contributed by atoms with E-state index in [0.29, 0.717) is 15.9 Å². The maximum absolute atomic E-state index is 13.0. The monoisotopic (exact) mass is 371 g/mol. The number of anilines is 2. The Bertz CT molecular complexity index is 793. The Hall–Kier alpha value is -2.45. The van der Waals surface area contributed by atoms with Crippen molar-refractivity contribution in [3.63, 3.8) is 0 Å². The van der Waals surface area contributed by atoms with E-state index in [1.165, 1.54) is 44.4 Å². The molecule has 0 spiro atoms. The maximum Gasteiger partial charge on any atom is 0.319 e. The van der Waals surface area contributed by atoms with E-state index in [4.69, 9.17) is 16.3 Å². The molecule has 0 aliphatic rings. The normalized spacial score (nSPS) is 10.8. The first-order valence-electron chi connectivity index (χ1n) is 7.19. The van der Waals surface area contributed by atoms with E-state index in [1.54, 1.807) is 0 Å². The van der Waals surface area contributed by atoms with Crippen molar-refractivity contribution >= 4 is 34.8 Å². The number of ether oxygens (including phenoxy) is 1. The van der Waals surface area contributed by atoms with Crippen molar-refractivity contribution in [3.05, 3.63) is 46.7 Å². The van der Waals surface area contributed by atoms with Crippen LogP contribution in [-0.4, -0.2) is 30.1 Å². The molecule has 0 bridgehead atoms. The molecule has 0 aliphatic carbocycles. The number of amides is 2. The van der Waals surface area contributed by atoms with E-state index in [-0.39, 0.29) is 28.9 Å². The third-order valence-corrected chi connectivity index (χ3v) is 3.64. The zero-order valence-corrected chi connectivity index (χ0v) is 14.2. The number of nitrogens with zero attached hydrogens (tertiary/aromatic N) is 1. The van der Waals surface area contributed by atoms with Crippen LogP contribution in [0.3, 0.4) is 0 Å². The van der Waals surface area contributed by atoms with Crippen LogP contribution in [0.5, 0.6) is 0 Å². The third-order valence-electron chi connectivity index (χ3n) is 3.33. The number of hydrogen-bond acceptors (Lipinski definition) is 3. The summed E-state index contributed by atoms with van der Waals surface area (Å²) in [6.45, 7) is -1.46. The lowest BCUT2D eigenvalue weighted by Gasteiger charge is -2.12. The molecule has 6 nitrogen and oxygen atoms in total. The van der Waals surface area contributed by atoms with E-state index < -0.39 is 12.5 Å². The summed E-state index contributed by atoms with van der Waals surface area (Å²) in [6.07, 6.45) is 0. The lowest BCUT2D eigenvalue weighted by atomic mass is 10.2. The van der Waals surface area contributed by atoms with Gasteiger partial charge in [-0.2, -0.15) is 8.78 Å². The Kier molecular flexibility index (Phi) is 6.11. The van der Waals surface area contributed by atoms with Crippen LogP contribution in [0.1, 0.15) is 22.7 Å². The molecule has 0 fully saturated rings. The zero-order valence-electron chi connectivity index (χ0n) is 13.5. The number of hydrogen-bond donors (Lipinski definition) is 2. The lowest BCUT2D eigenvalue weighted by molar-refractivity contribution is -0.119. The van der Waals surface area contributed by atoms with Gasteiger partial charge in [-0.1, -0.05) is 11.6 Å². The minimum Gasteiger partial charge on any atom is -0.375 e. The summed E-state index contributed by atoms with van der Waals surface area (Å²) in [5.41, 5.74) is 0.753. The second kappa shape index (κ2) is 8.09. The molecule has 0 atom stereocenters. The van der Waals surface area contributed by atoms with Crippen LogP contribution in [-0.2, 0) is 9.53 Å². The van der Waals surface area contributed by atoms with Crippen LogP contribution in [0.2, 0.25) is 5.02 Å². The molecule has 2 N–H and O–H groups in total. The quantitative estimate of drug-likeness (QED) is 0.813. The number of rotatable bonds is 6. The van der Waals surface area contributed by atoms with Gasteiger partial charge in [-0.05, 0) is 37.3 Å². The zero-order chi connectivity index (χ0) is 18.6. The average Bonchev–Trinajstić information content (AvgIpc) is 2.92. The topological polar surface area (TPSA) is 72.4 Å². The molecule has 0 aliphatic heterocycles. The Morgan fingerprint density at radius 1 is 1.24 bits per heavy atom. The van der Waals surface area contributed by atoms with E-state index >= 15 is 0 Å². The molecule has 0 unspecified atom stereocenters. The summed E-state index contributed by atoms with van der Waals surface area (Å²) in [4.78, 5) is 23.7. The molecular weight excluding hydrogens is 356 g/mol. The maximum atomic E-state index is 13.0. The fourth-order valence-electron chi connectivity index (χ4n) is 2.20. The molecule has 1 aromatic carbocycles. The number of carbonyl (C=O) groups excluding carboxylic acids is 2. The molecule has 1 heterocycles. The Labute approximate surface area is 147 Å². The minimum absolute atomic E-state index is 0.126. The Balaban J connectivity index is 2.14. The standard InChI is InChI=1S/C16H16ClF2N3O3/c1-9-3-6-13(22(9)16(18)19)15(24)20-10-4-5-12(11(17)7-10)21-14(23)8-25-2/h3-7,16H,8H2,1-2H3,(H,20,24)(H,21,23). The molecule has 0 radical (unpaired) electrons. The second-order valence-corrected chi connectivity index (χ2v) is 5.54. The number of aryl methyl sites for hydroxylation is 1. The Morgan fingerprint density at radius 2 is 1.96 bits per heavy atom. The van der Waals surface area contributed by atoms with Crippen molar-refractivity contribution in [2.45, 2.75) is 13.5 Å². The van der Waals surface area contributed by atoms with Gasteiger partial charge >= 0.3 is 6.55 Å². The highest BCUT2D eigenvalue weighted by Crippen LogP contribution is 2.26. The molecule has 25 heavy (non-hydrogen) atoms. The number of benzene rings is 1. The third kappa shape index (κ3) is 4.55. The van der Waals surface area contributed by atoms with Crippen molar-refractivity contribution in [1.29, 1.82) is 0 Å². The molecule has 1 aromatic heterocycles. The molecular formula is C16H16ClF2N3O3. The van der Waals surface area contributed by atoms with Crippen LogP contribution in [0.4, 0.5) is 20.2 Å². The minimum atomic E-state index is -2.82. The second-order valence-electron chi connectivity index (χ2n) is 5.14. The highest BCUT2D eigenvalue weighted by Gasteiger charge is 2.19. The van der Waals surface area contributed by atoms with Crippen LogP contribution >= 0.6 is 11.6 Å². The highest BCUT2D eigenvalue weighted by molar-refractivity contribution is 6.34. The van der Waals surface area contributed by atoms with Gasteiger partial charge in [0.25, 0.3) is 5.91 Å². The predicted octanol–water partition coefficient (Wildman–Crippen LogP) is 3.68. The first kappa shape index (κ1) is 18.9. The lowest BCUT2D eigenvalue weighted by Crippen LogP contribution is -2.19. The predicted molar refractivity (Wildman–Crippen MR) is 90.3 cm³/mol. The summed E-state index contributed by atoms with van der Waals surface area (Å²) < 4.78 is 31.4. The van der Waals surface area contributed by atoms with E-state index in [9.17, 15) is 18.4 Å². The van der Waals surface area contributed by atoms with Gasteiger partial charge in [0, 0.05) is 18.5 Å². The summed E-state index contributed by atoms with van der Waals surface area (Å²) in [5, 5.41) is 5.22. The SMILES string of the molecule is COCC(=O)Nc1ccc(NC(=O)c2ccc(C)n2C(F)F)cc1Cl. The number of methoxy groups -OCH3 is 1. The van der Waals surface area contributed by atoms with E-state index in [2.05, 4.69) is 10.6 Å². The van der Waals surface area contributed by atoms with Crippen molar-refractivity contribution in [2.24, 2.45) is 0 Å². The largest absolute Gasteiger partial charge is 0.375 e. The number of nitrogens with one attached hydrogen (secondary N) is 2. The molecule has 2 amide bonds. The van der Waals surface area contributed by atoms with E-state index in [1.807, 2.05) is 0 Å². The van der Waals surface area contributed by atoms with Crippen molar-refractivity contribution in [1.82, 2.24) is 4.57 Å². The molecule has 2 rings (SSSR count). The van der Waals surface area contributed by atoms with Gasteiger partial charge in [-0.15, -0.1) is 0 Å². The summed E-state index contributed by atoms with van der Waals surface area (Å²) >= 11 is 6.06. The van der Waals surface area contributed by atoms with Crippen molar-refractivity contribution in [2.75, 3.05) is 24.4 Å². The fourth-order valence-corrected chi connectivity index (χ4v) is 2.43. The van der Waals surface area contributed by atoms with Crippen molar-refractivity contribution < 1.29 is 23.1 Å². The molecule has 9 heteroatoms. The summed E-state index contributed by atoms with van der Waals surface area (Å²) in [6, 6.07) is 7.14. The van der Waals surface area contributed by atoms with Gasteiger partial charge in [0.1, 0.15) is 12.3 Å². The molecule has 0 saturated carbocycles. The van der Waals surface area contributed by atoms with Gasteiger partial charge < -0.3 is 15.4 Å². The van der Waals surface area contributed by atoms with Gasteiger partial charge in [0.15, 0.2) is 0 Å². The molecule has 134 valence electrons. The van der Waals surface area contributed by atoms with Gasteiger partial charge in [-0.25, -0.2) is 0 Å². The first-order chi connectivity index (χ1) is 11.8. The smallest absolute Gasteiger partial charge is 0.319 e.